The molecular weight excluding hydrogens is 186 g/mol. The summed E-state index contributed by atoms with van der Waals surface area (Å²) in [5, 5.41) is 0. The molecule has 0 radical (unpaired) electrons. The van der Waals surface area contributed by atoms with E-state index in [4.69, 9.17) is 0 Å². The van der Waals surface area contributed by atoms with E-state index in [1.807, 2.05) is 0 Å². The summed E-state index contributed by atoms with van der Waals surface area (Å²) in [5.74, 6) is -0.832. The minimum Gasteiger partial charge on any atom is -0.469 e. The molecule has 0 aliphatic heterocycles. The molecule has 0 aliphatic carbocycles. The lowest BCUT2D eigenvalue weighted by atomic mass is 10.2. The Morgan fingerprint density at radius 1 is 1.29 bits per heavy atom. The Kier molecular flexibility index (Phi) is 5.87. The van der Waals surface area contributed by atoms with Gasteiger partial charge in [-0.2, -0.15) is 0 Å². The number of nitrogens with zero attached hydrogens (tertiary/aromatic N) is 1. The number of ether oxygens (including phenoxy) is 2. The number of hydrogen-bond acceptors (Lipinski definition) is 5. The Labute approximate surface area is 84.0 Å². The first-order chi connectivity index (χ1) is 6.51. The lowest BCUT2D eigenvalue weighted by Crippen LogP contribution is -2.33. The summed E-state index contributed by atoms with van der Waals surface area (Å²) in [7, 11) is 4.43. The number of carbonyl (C=O) groups is 2. The Balaban J connectivity index is 3.87. The fraction of sp³-hybridized carbons (Fsp3) is 0.778. The van der Waals surface area contributed by atoms with Gasteiger partial charge < -0.3 is 9.47 Å². The van der Waals surface area contributed by atoms with Crippen molar-refractivity contribution in [1.29, 1.82) is 0 Å². The average Bonchev–Trinajstić information content (AvgIpc) is 2.15. The van der Waals surface area contributed by atoms with Crippen molar-refractivity contribution < 1.29 is 19.1 Å². The van der Waals surface area contributed by atoms with Crippen molar-refractivity contribution in [2.45, 2.75) is 6.92 Å². The van der Waals surface area contributed by atoms with E-state index in [0.717, 1.165) is 0 Å². The van der Waals surface area contributed by atoms with Crippen molar-refractivity contribution in [3.05, 3.63) is 0 Å². The van der Waals surface area contributed by atoms with Gasteiger partial charge in [0.25, 0.3) is 0 Å². The number of carbonyl (C=O) groups excluding carboxylic acids is 2. The van der Waals surface area contributed by atoms with Crippen LogP contribution in [0.1, 0.15) is 6.92 Å². The summed E-state index contributed by atoms with van der Waals surface area (Å²) in [6.45, 7) is 2.40. The minimum atomic E-state index is -0.315. The molecule has 1 unspecified atom stereocenters. The molecule has 0 heterocycles. The predicted octanol–water partition coefficient (Wildman–Crippen LogP) is -0.0997. The Morgan fingerprint density at radius 2 is 1.86 bits per heavy atom. The highest BCUT2D eigenvalue weighted by Crippen LogP contribution is 2.00. The molecule has 0 spiro atoms. The first-order valence-corrected chi connectivity index (χ1v) is 4.34. The zero-order chi connectivity index (χ0) is 11.1. The SMILES string of the molecule is COC(=O)CN(C)CC(C)C(=O)OC. The largest absolute Gasteiger partial charge is 0.469 e. The molecule has 0 bridgehead atoms. The smallest absolute Gasteiger partial charge is 0.319 e. The molecule has 0 aliphatic rings. The minimum absolute atomic E-state index is 0.178. The van der Waals surface area contributed by atoms with Crippen LogP contribution in [-0.4, -0.2) is 51.2 Å². The Bertz CT molecular complexity index is 205. The lowest BCUT2D eigenvalue weighted by Gasteiger charge is -2.18. The van der Waals surface area contributed by atoms with Crippen molar-refractivity contribution >= 4 is 11.9 Å². The van der Waals surface area contributed by atoms with E-state index in [1.54, 1.807) is 18.9 Å². The zero-order valence-electron chi connectivity index (χ0n) is 9.07. The van der Waals surface area contributed by atoms with Crippen LogP contribution >= 0.6 is 0 Å². The van der Waals surface area contributed by atoms with Crippen LogP contribution in [0.25, 0.3) is 0 Å². The fourth-order valence-corrected chi connectivity index (χ4v) is 1.09. The molecule has 82 valence electrons. The summed E-state index contributed by atoms with van der Waals surface area (Å²) in [6, 6.07) is 0. The van der Waals surface area contributed by atoms with Gasteiger partial charge in [0.15, 0.2) is 0 Å². The summed E-state index contributed by atoms with van der Waals surface area (Å²) in [4.78, 5) is 23.6. The van der Waals surface area contributed by atoms with E-state index in [2.05, 4.69) is 9.47 Å². The third kappa shape index (κ3) is 4.81. The quantitative estimate of drug-likeness (QED) is 0.584. The maximum Gasteiger partial charge on any atom is 0.319 e. The summed E-state index contributed by atoms with van der Waals surface area (Å²) < 4.78 is 9.05. The molecule has 0 aromatic carbocycles. The van der Waals surface area contributed by atoms with Crippen LogP contribution in [0, 0.1) is 5.92 Å². The van der Waals surface area contributed by atoms with Crippen LogP contribution in [0.2, 0.25) is 0 Å². The highest BCUT2D eigenvalue weighted by Gasteiger charge is 2.16. The molecule has 0 aromatic rings. The summed E-state index contributed by atoms with van der Waals surface area (Å²) >= 11 is 0. The maximum absolute atomic E-state index is 11.0. The van der Waals surface area contributed by atoms with E-state index in [-0.39, 0.29) is 24.4 Å². The lowest BCUT2D eigenvalue weighted by molar-refractivity contribution is -0.147. The second-order valence-electron chi connectivity index (χ2n) is 3.20. The normalized spacial score (nSPS) is 12.4. The molecule has 0 amide bonds. The van der Waals surface area contributed by atoms with Crippen LogP contribution in [0.3, 0.4) is 0 Å². The number of hydrogen-bond donors (Lipinski definition) is 0. The van der Waals surface area contributed by atoms with Crippen LogP contribution < -0.4 is 0 Å². The molecule has 0 aromatic heterocycles. The average molecular weight is 203 g/mol. The number of rotatable bonds is 5. The molecule has 5 nitrogen and oxygen atoms in total. The van der Waals surface area contributed by atoms with Crippen molar-refractivity contribution in [3.63, 3.8) is 0 Å². The van der Waals surface area contributed by atoms with Gasteiger partial charge in [0.2, 0.25) is 0 Å². The third-order valence-electron chi connectivity index (χ3n) is 1.82. The Hall–Kier alpha value is -1.10. The van der Waals surface area contributed by atoms with Crippen LogP contribution in [-0.2, 0) is 19.1 Å². The van der Waals surface area contributed by atoms with Crippen molar-refractivity contribution in [3.8, 4) is 0 Å². The molecule has 0 saturated heterocycles. The number of methoxy groups -OCH3 is 2. The first kappa shape index (κ1) is 12.9. The zero-order valence-corrected chi connectivity index (χ0v) is 9.07. The highest BCUT2D eigenvalue weighted by molar-refractivity contribution is 5.73. The van der Waals surface area contributed by atoms with Crippen LogP contribution in [0.4, 0.5) is 0 Å². The van der Waals surface area contributed by atoms with Gasteiger partial charge in [0.05, 0.1) is 26.7 Å². The maximum atomic E-state index is 11.0. The Morgan fingerprint density at radius 3 is 2.29 bits per heavy atom. The first-order valence-electron chi connectivity index (χ1n) is 4.34. The molecule has 1 atom stereocenters. The van der Waals surface area contributed by atoms with E-state index in [0.29, 0.717) is 6.54 Å². The van der Waals surface area contributed by atoms with Gasteiger partial charge in [-0.1, -0.05) is 6.92 Å². The van der Waals surface area contributed by atoms with E-state index >= 15 is 0 Å². The van der Waals surface area contributed by atoms with Crippen molar-refractivity contribution in [1.82, 2.24) is 4.90 Å². The highest BCUT2D eigenvalue weighted by atomic mass is 16.5. The molecular formula is C9H17NO4. The second-order valence-corrected chi connectivity index (χ2v) is 3.20. The molecule has 0 saturated carbocycles. The van der Waals surface area contributed by atoms with Gasteiger partial charge in [0, 0.05) is 6.54 Å². The van der Waals surface area contributed by atoms with Crippen molar-refractivity contribution in [2.24, 2.45) is 5.92 Å². The van der Waals surface area contributed by atoms with E-state index in [9.17, 15) is 9.59 Å². The topological polar surface area (TPSA) is 55.8 Å². The molecule has 5 heteroatoms. The van der Waals surface area contributed by atoms with Gasteiger partial charge >= 0.3 is 11.9 Å². The molecule has 0 N–H and O–H groups in total. The summed E-state index contributed by atoms with van der Waals surface area (Å²) in [5.41, 5.74) is 0. The third-order valence-corrected chi connectivity index (χ3v) is 1.82. The van der Waals surface area contributed by atoms with Gasteiger partial charge in [-0.3, -0.25) is 14.5 Å². The van der Waals surface area contributed by atoms with Crippen molar-refractivity contribution in [2.75, 3.05) is 34.4 Å². The van der Waals surface area contributed by atoms with Gasteiger partial charge in [-0.25, -0.2) is 0 Å². The number of esters is 2. The standard InChI is InChI=1S/C9H17NO4/c1-7(9(12)14-4)5-10(2)6-8(11)13-3/h7H,5-6H2,1-4H3. The molecule has 0 rings (SSSR count). The van der Waals surface area contributed by atoms with Gasteiger partial charge in [-0.15, -0.1) is 0 Å². The van der Waals surface area contributed by atoms with Crippen LogP contribution in [0.5, 0.6) is 0 Å². The predicted molar refractivity (Wildman–Crippen MR) is 50.7 cm³/mol. The van der Waals surface area contributed by atoms with Gasteiger partial charge in [0.1, 0.15) is 0 Å². The molecule has 14 heavy (non-hydrogen) atoms. The summed E-state index contributed by atoms with van der Waals surface area (Å²) in [6.07, 6.45) is 0. The number of likely N-dealkylation sites (N-methyl/N-ethyl adjacent to an activating group) is 1. The monoisotopic (exact) mass is 203 g/mol. The van der Waals surface area contributed by atoms with E-state index in [1.165, 1.54) is 14.2 Å². The second kappa shape index (κ2) is 6.37. The fourth-order valence-electron chi connectivity index (χ4n) is 1.09. The van der Waals surface area contributed by atoms with E-state index < -0.39 is 0 Å². The van der Waals surface area contributed by atoms with Crippen LogP contribution in [0.15, 0.2) is 0 Å². The molecule has 0 fully saturated rings. The van der Waals surface area contributed by atoms with Gasteiger partial charge in [-0.05, 0) is 7.05 Å².